The van der Waals surface area contributed by atoms with Crippen LogP contribution in [0.4, 0.5) is 0 Å². The summed E-state index contributed by atoms with van der Waals surface area (Å²) in [6.45, 7) is 5.72. The second-order valence-corrected chi connectivity index (χ2v) is 4.87. The molecule has 0 fully saturated rings. The van der Waals surface area contributed by atoms with Crippen molar-refractivity contribution in [3.05, 3.63) is 29.8 Å². The number of benzene rings is 1. The number of hydrogen-bond acceptors (Lipinski definition) is 3. The Kier molecular flexibility index (Phi) is 6.53. The van der Waals surface area contributed by atoms with Gasteiger partial charge in [0.25, 0.3) is 0 Å². The van der Waals surface area contributed by atoms with E-state index in [2.05, 4.69) is 36.5 Å². The normalized spacial score (nSPS) is 12.7. The van der Waals surface area contributed by atoms with E-state index in [1.165, 1.54) is 10.5 Å². The standard InChI is InChI=1S/C13H21NOS/c1-4-15-9-12(14-3)10-16-13-7-5-6-11(2)8-13/h5-8,12,14H,4,9-10H2,1-3H3. The van der Waals surface area contributed by atoms with E-state index in [-0.39, 0.29) is 0 Å². The summed E-state index contributed by atoms with van der Waals surface area (Å²) in [5.41, 5.74) is 1.32. The Bertz CT molecular complexity index is 304. The summed E-state index contributed by atoms with van der Waals surface area (Å²) in [4.78, 5) is 1.33. The minimum atomic E-state index is 0.422. The largest absolute Gasteiger partial charge is 0.380 e. The van der Waals surface area contributed by atoms with E-state index in [1.807, 2.05) is 25.7 Å². The fourth-order valence-electron chi connectivity index (χ4n) is 1.38. The van der Waals surface area contributed by atoms with Crippen LogP contribution in [0.2, 0.25) is 0 Å². The summed E-state index contributed by atoms with van der Waals surface area (Å²) >= 11 is 1.88. The lowest BCUT2D eigenvalue weighted by Crippen LogP contribution is -2.32. The van der Waals surface area contributed by atoms with Crippen molar-refractivity contribution in [2.24, 2.45) is 0 Å². The molecule has 90 valence electrons. The predicted octanol–water partition coefficient (Wildman–Crippen LogP) is 2.71. The molecule has 0 aromatic heterocycles. The predicted molar refractivity (Wildman–Crippen MR) is 71.2 cm³/mol. The maximum atomic E-state index is 5.42. The molecular weight excluding hydrogens is 218 g/mol. The Hall–Kier alpha value is -0.510. The van der Waals surface area contributed by atoms with Crippen LogP contribution in [-0.2, 0) is 4.74 Å². The highest BCUT2D eigenvalue weighted by Crippen LogP contribution is 2.19. The average Bonchev–Trinajstić information content (AvgIpc) is 2.29. The van der Waals surface area contributed by atoms with Crippen molar-refractivity contribution in [3.8, 4) is 0 Å². The maximum absolute atomic E-state index is 5.42. The number of rotatable bonds is 7. The van der Waals surface area contributed by atoms with Crippen molar-refractivity contribution in [2.75, 3.05) is 26.0 Å². The van der Waals surface area contributed by atoms with Crippen molar-refractivity contribution in [2.45, 2.75) is 24.8 Å². The molecule has 1 atom stereocenters. The van der Waals surface area contributed by atoms with Gasteiger partial charge in [-0.15, -0.1) is 11.8 Å². The van der Waals surface area contributed by atoms with Gasteiger partial charge in [-0.3, -0.25) is 0 Å². The number of ether oxygens (including phenoxy) is 1. The summed E-state index contributed by atoms with van der Waals surface area (Å²) in [5, 5.41) is 3.28. The van der Waals surface area contributed by atoms with Gasteiger partial charge in [-0.2, -0.15) is 0 Å². The average molecular weight is 239 g/mol. The lowest BCUT2D eigenvalue weighted by Gasteiger charge is -2.15. The van der Waals surface area contributed by atoms with Crippen molar-refractivity contribution in [1.29, 1.82) is 0 Å². The molecule has 2 nitrogen and oxygen atoms in total. The molecule has 16 heavy (non-hydrogen) atoms. The first kappa shape index (κ1) is 13.6. The first-order valence-corrected chi connectivity index (χ1v) is 6.69. The van der Waals surface area contributed by atoms with Crippen LogP contribution in [0.5, 0.6) is 0 Å². The molecule has 0 aliphatic rings. The topological polar surface area (TPSA) is 21.3 Å². The van der Waals surface area contributed by atoms with Crippen LogP contribution in [0.3, 0.4) is 0 Å². The maximum Gasteiger partial charge on any atom is 0.0627 e. The van der Waals surface area contributed by atoms with E-state index in [4.69, 9.17) is 4.74 Å². The van der Waals surface area contributed by atoms with Gasteiger partial charge in [0.05, 0.1) is 6.61 Å². The number of likely N-dealkylation sites (N-methyl/N-ethyl adjacent to an activating group) is 1. The third kappa shape index (κ3) is 5.01. The summed E-state index contributed by atoms with van der Waals surface area (Å²) in [6, 6.07) is 9.03. The van der Waals surface area contributed by atoms with Crippen LogP contribution in [0, 0.1) is 6.92 Å². The van der Waals surface area contributed by atoms with Gasteiger partial charge in [0, 0.05) is 23.3 Å². The van der Waals surface area contributed by atoms with Crippen molar-refractivity contribution in [3.63, 3.8) is 0 Å². The van der Waals surface area contributed by atoms with Crippen LogP contribution in [0.1, 0.15) is 12.5 Å². The first-order valence-electron chi connectivity index (χ1n) is 5.70. The summed E-state index contributed by atoms with van der Waals surface area (Å²) in [5.74, 6) is 1.04. The fourth-order valence-corrected chi connectivity index (χ4v) is 2.48. The zero-order chi connectivity index (χ0) is 11.8. The van der Waals surface area contributed by atoms with E-state index in [0.29, 0.717) is 6.04 Å². The van der Waals surface area contributed by atoms with E-state index in [0.717, 1.165) is 19.0 Å². The third-order valence-corrected chi connectivity index (χ3v) is 3.53. The molecule has 1 N–H and O–H groups in total. The van der Waals surface area contributed by atoms with Gasteiger partial charge in [0.15, 0.2) is 0 Å². The van der Waals surface area contributed by atoms with Crippen LogP contribution in [0.25, 0.3) is 0 Å². The van der Waals surface area contributed by atoms with E-state index < -0.39 is 0 Å². The van der Waals surface area contributed by atoms with Gasteiger partial charge in [0.2, 0.25) is 0 Å². The number of nitrogens with one attached hydrogen (secondary N) is 1. The minimum Gasteiger partial charge on any atom is -0.380 e. The van der Waals surface area contributed by atoms with Crippen LogP contribution >= 0.6 is 11.8 Å². The van der Waals surface area contributed by atoms with Gasteiger partial charge in [-0.05, 0) is 33.0 Å². The highest BCUT2D eigenvalue weighted by Gasteiger charge is 2.06. The molecule has 1 rings (SSSR count). The molecule has 0 spiro atoms. The lowest BCUT2D eigenvalue weighted by molar-refractivity contribution is 0.131. The Morgan fingerprint density at radius 1 is 1.44 bits per heavy atom. The number of hydrogen-bond donors (Lipinski definition) is 1. The molecule has 0 heterocycles. The molecular formula is C13H21NOS. The SMILES string of the molecule is CCOCC(CSc1cccc(C)c1)NC. The van der Waals surface area contributed by atoms with Crippen molar-refractivity contribution < 1.29 is 4.74 Å². The lowest BCUT2D eigenvalue weighted by atomic mass is 10.2. The Morgan fingerprint density at radius 3 is 2.88 bits per heavy atom. The van der Waals surface area contributed by atoms with Crippen molar-refractivity contribution in [1.82, 2.24) is 5.32 Å². The molecule has 0 saturated carbocycles. The number of aryl methyl sites for hydroxylation is 1. The van der Waals surface area contributed by atoms with Crippen LogP contribution < -0.4 is 5.32 Å². The fraction of sp³-hybridized carbons (Fsp3) is 0.538. The van der Waals surface area contributed by atoms with E-state index >= 15 is 0 Å². The second kappa shape index (κ2) is 7.71. The molecule has 0 aliphatic heterocycles. The highest BCUT2D eigenvalue weighted by atomic mass is 32.2. The molecule has 0 radical (unpaired) electrons. The van der Waals surface area contributed by atoms with Gasteiger partial charge in [-0.25, -0.2) is 0 Å². The molecule has 0 amide bonds. The molecule has 1 unspecified atom stereocenters. The van der Waals surface area contributed by atoms with Crippen molar-refractivity contribution >= 4 is 11.8 Å². The first-order chi connectivity index (χ1) is 7.76. The highest BCUT2D eigenvalue weighted by molar-refractivity contribution is 7.99. The minimum absolute atomic E-state index is 0.422. The molecule has 1 aromatic rings. The zero-order valence-electron chi connectivity index (χ0n) is 10.3. The number of thioether (sulfide) groups is 1. The Morgan fingerprint density at radius 2 is 2.25 bits per heavy atom. The summed E-state index contributed by atoms with van der Waals surface area (Å²) < 4.78 is 5.42. The smallest absolute Gasteiger partial charge is 0.0627 e. The third-order valence-electron chi connectivity index (χ3n) is 2.37. The molecule has 0 aliphatic carbocycles. The Labute approximate surface area is 103 Å². The molecule has 0 saturated heterocycles. The van der Waals surface area contributed by atoms with Crippen LogP contribution in [0.15, 0.2) is 29.2 Å². The molecule has 1 aromatic carbocycles. The van der Waals surface area contributed by atoms with Gasteiger partial charge in [0.1, 0.15) is 0 Å². The van der Waals surface area contributed by atoms with E-state index in [9.17, 15) is 0 Å². The van der Waals surface area contributed by atoms with Gasteiger partial charge in [-0.1, -0.05) is 17.7 Å². The van der Waals surface area contributed by atoms with Gasteiger partial charge < -0.3 is 10.1 Å². The Balaban J connectivity index is 2.37. The monoisotopic (exact) mass is 239 g/mol. The van der Waals surface area contributed by atoms with Crippen LogP contribution in [-0.4, -0.2) is 32.1 Å². The molecule has 3 heteroatoms. The summed E-state index contributed by atoms with van der Waals surface area (Å²) in [7, 11) is 1.99. The zero-order valence-corrected chi connectivity index (χ0v) is 11.1. The molecule has 0 bridgehead atoms. The van der Waals surface area contributed by atoms with E-state index in [1.54, 1.807) is 0 Å². The van der Waals surface area contributed by atoms with Gasteiger partial charge >= 0.3 is 0 Å². The summed E-state index contributed by atoms with van der Waals surface area (Å²) in [6.07, 6.45) is 0. The quantitative estimate of drug-likeness (QED) is 0.739. The second-order valence-electron chi connectivity index (χ2n) is 3.77.